The third kappa shape index (κ3) is 3.75. The molecule has 0 aliphatic carbocycles. The number of nitrogens with one attached hydrogen (secondary N) is 1. The second-order valence-corrected chi connectivity index (χ2v) is 4.93. The van der Waals surface area contributed by atoms with E-state index >= 15 is 0 Å². The number of aromatic carboxylic acids is 1. The van der Waals surface area contributed by atoms with Gasteiger partial charge in [-0.3, -0.25) is 0 Å². The van der Waals surface area contributed by atoms with Crippen molar-refractivity contribution in [3.05, 3.63) is 53.4 Å². The van der Waals surface area contributed by atoms with E-state index in [4.69, 9.17) is 0 Å². The number of nitrogens with zero attached hydrogens (tertiary/aromatic N) is 2. The molecule has 0 fully saturated rings. The molecule has 2 rings (SSSR count). The monoisotopic (exact) mass is 289 g/mol. The summed E-state index contributed by atoms with van der Waals surface area (Å²) in [4.78, 5) is 19.5. The van der Waals surface area contributed by atoms with Crippen LogP contribution in [-0.4, -0.2) is 21.0 Å². The molecule has 0 atom stereocenters. The summed E-state index contributed by atoms with van der Waals surface area (Å²) in [5.41, 5.74) is 1.12. The first-order chi connectivity index (χ1) is 9.97. The van der Waals surface area contributed by atoms with Gasteiger partial charge >= 0.3 is 5.97 Å². The number of halogens is 1. The van der Waals surface area contributed by atoms with Crippen LogP contribution in [-0.2, 0) is 6.54 Å². The van der Waals surface area contributed by atoms with E-state index in [1.807, 2.05) is 13.8 Å². The van der Waals surface area contributed by atoms with E-state index in [-0.39, 0.29) is 17.4 Å². The summed E-state index contributed by atoms with van der Waals surface area (Å²) < 4.78 is 12.8. The Bertz CT molecular complexity index is 642. The minimum Gasteiger partial charge on any atom is -0.476 e. The Kier molecular flexibility index (Phi) is 4.47. The fraction of sp³-hybridized carbons (Fsp3) is 0.267. The van der Waals surface area contributed by atoms with Crippen LogP contribution in [0.4, 0.5) is 10.1 Å². The number of anilines is 1. The number of carboxylic acid groups (broad SMARTS) is 1. The van der Waals surface area contributed by atoms with Crippen LogP contribution < -0.4 is 5.32 Å². The first-order valence-corrected chi connectivity index (χ1v) is 6.56. The molecule has 0 aliphatic rings. The van der Waals surface area contributed by atoms with E-state index in [1.54, 1.807) is 12.1 Å². The van der Waals surface area contributed by atoms with E-state index in [2.05, 4.69) is 15.3 Å². The van der Waals surface area contributed by atoms with E-state index < -0.39 is 5.97 Å². The van der Waals surface area contributed by atoms with E-state index in [0.717, 1.165) is 5.56 Å². The molecular weight excluding hydrogens is 273 g/mol. The molecule has 0 bridgehead atoms. The second kappa shape index (κ2) is 6.30. The molecule has 0 radical (unpaired) electrons. The van der Waals surface area contributed by atoms with Crippen LogP contribution in [0.2, 0.25) is 0 Å². The molecule has 5 nitrogen and oxygen atoms in total. The number of carboxylic acids is 1. The van der Waals surface area contributed by atoms with Crippen molar-refractivity contribution in [2.45, 2.75) is 26.3 Å². The van der Waals surface area contributed by atoms with Crippen LogP contribution in [0.5, 0.6) is 0 Å². The third-order valence-electron chi connectivity index (χ3n) is 2.92. The number of carbonyl (C=O) groups is 1. The zero-order valence-corrected chi connectivity index (χ0v) is 11.8. The molecule has 6 heteroatoms. The fourth-order valence-corrected chi connectivity index (χ4v) is 1.77. The molecule has 0 saturated carbocycles. The van der Waals surface area contributed by atoms with Crippen molar-refractivity contribution in [2.24, 2.45) is 0 Å². The normalized spacial score (nSPS) is 10.7. The first kappa shape index (κ1) is 14.9. The lowest BCUT2D eigenvalue weighted by Crippen LogP contribution is -2.12. The van der Waals surface area contributed by atoms with Crippen molar-refractivity contribution in [3.63, 3.8) is 0 Å². The molecule has 0 amide bonds. The summed E-state index contributed by atoms with van der Waals surface area (Å²) in [7, 11) is 0. The van der Waals surface area contributed by atoms with Gasteiger partial charge in [0.15, 0.2) is 5.69 Å². The molecule has 0 unspecified atom stereocenters. The second-order valence-electron chi connectivity index (χ2n) is 4.93. The number of aromatic nitrogens is 2. The van der Waals surface area contributed by atoms with Gasteiger partial charge in [0, 0.05) is 12.5 Å². The quantitative estimate of drug-likeness (QED) is 0.884. The highest BCUT2D eigenvalue weighted by Gasteiger charge is 2.15. The van der Waals surface area contributed by atoms with Gasteiger partial charge < -0.3 is 10.4 Å². The molecule has 1 aromatic heterocycles. The molecule has 2 aromatic rings. The molecule has 0 spiro atoms. The van der Waals surface area contributed by atoms with Crippen LogP contribution in [0, 0.1) is 5.82 Å². The lowest BCUT2D eigenvalue weighted by molar-refractivity contribution is 0.0691. The highest BCUT2D eigenvalue weighted by molar-refractivity contribution is 5.91. The van der Waals surface area contributed by atoms with Gasteiger partial charge in [0.2, 0.25) is 0 Å². The molecule has 2 N–H and O–H groups in total. The van der Waals surface area contributed by atoms with Crippen molar-refractivity contribution in [3.8, 4) is 0 Å². The first-order valence-electron chi connectivity index (χ1n) is 6.56. The van der Waals surface area contributed by atoms with Gasteiger partial charge in [-0.25, -0.2) is 19.2 Å². The average molecular weight is 289 g/mol. The number of hydrogen-bond acceptors (Lipinski definition) is 4. The van der Waals surface area contributed by atoms with Crippen LogP contribution >= 0.6 is 0 Å². The van der Waals surface area contributed by atoms with Crippen molar-refractivity contribution in [1.29, 1.82) is 0 Å². The lowest BCUT2D eigenvalue weighted by atomic mass is 10.2. The van der Waals surface area contributed by atoms with E-state index in [0.29, 0.717) is 18.1 Å². The van der Waals surface area contributed by atoms with Gasteiger partial charge in [-0.1, -0.05) is 26.0 Å². The van der Waals surface area contributed by atoms with Crippen molar-refractivity contribution < 1.29 is 14.3 Å². The van der Waals surface area contributed by atoms with Crippen LogP contribution in [0.15, 0.2) is 30.5 Å². The summed E-state index contributed by atoms with van der Waals surface area (Å²) in [6, 6.07) is 5.97. The number of benzene rings is 1. The van der Waals surface area contributed by atoms with E-state index in [9.17, 15) is 14.3 Å². The van der Waals surface area contributed by atoms with Crippen molar-refractivity contribution in [1.82, 2.24) is 9.97 Å². The Morgan fingerprint density at radius 3 is 2.57 bits per heavy atom. The number of hydrogen-bond donors (Lipinski definition) is 2. The molecule has 1 aromatic carbocycles. The van der Waals surface area contributed by atoms with Crippen molar-refractivity contribution >= 4 is 11.7 Å². The predicted molar refractivity (Wildman–Crippen MR) is 76.8 cm³/mol. The van der Waals surface area contributed by atoms with Gasteiger partial charge in [-0.15, -0.1) is 0 Å². The Balaban J connectivity index is 2.19. The maximum Gasteiger partial charge on any atom is 0.356 e. The lowest BCUT2D eigenvalue weighted by Gasteiger charge is -2.11. The highest BCUT2D eigenvalue weighted by Crippen LogP contribution is 2.17. The molecule has 21 heavy (non-hydrogen) atoms. The molecule has 1 heterocycles. The summed E-state index contributed by atoms with van der Waals surface area (Å²) in [6.07, 6.45) is 1.47. The van der Waals surface area contributed by atoms with Gasteiger partial charge in [-0.2, -0.15) is 0 Å². The summed E-state index contributed by atoms with van der Waals surface area (Å²) in [5.74, 6) is -0.885. The van der Waals surface area contributed by atoms with Crippen molar-refractivity contribution in [2.75, 3.05) is 5.32 Å². The van der Waals surface area contributed by atoms with Gasteiger partial charge in [0.05, 0.1) is 11.9 Å². The zero-order chi connectivity index (χ0) is 15.4. The Morgan fingerprint density at radius 1 is 1.33 bits per heavy atom. The third-order valence-corrected chi connectivity index (χ3v) is 2.92. The van der Waals surface area contributed by atoms with Gasteiger partial charge in [0.1, 0.15) is 11.6 Å². The molecular formula is C15H16FN3O2. The Hall–Kier alpha value is -2.50. The maximum absolute atomic E-state index is 12.8. The molecule has 0 aliphatic heterocycles. The summed E-state index contributed by atoms with van der Waals surface area (Å²) >= 11 is 0. The standard InChI is InChI=1S/C15H16FN3O2/c1-9(2)14-18-8-12(13(19-14)15(20)21)17-7-10-3-5-11(16)6-4-10/h3-6,8-9,17H,7H2,1-2H3,(H,20,21). The van der Waals surface area contributed by atoms with Crippen LogP contribution in [0.3, 0.4) is 0 Å². The van der Waals surface area contributed by atoms with E-state index in [1.165, 1.54) is 18.3 Å². The zero-order valence-electron chi connectivity index (χ0n) is 11.8. The number of rotatable bonds is 5. The topological polar surface area (TPSA) is 75.1 Å². The smallest absolute Gasteiger partial charge is 0.356 e. The summed E-state index contributed by atoms with van der Waals surface area (Å²) in [5, 5.41) is 12.2. The molecule has 110 valence electrons. The van der Waals surface area contributed by atoms with Crippen LogP contribution in [0.25, 0.3) is 0 Å². The fourth-order valence-electron chi connectivity index (χ4n) is 1.77. The highest BCUT2D eigenvalue weighted by atomic mass is 19.1. The minimum atomic E-state index is -1.11. The average Bonchev–Trinajstić information content (AvgIpc) is 2.46. The van der Waals surface area contributed by atoms with Gasteiger partial charge in [0.25, 0.3) is 0 Å². The Labute approximate surface area is 121 Å². The molecule has 0 saturated heterocycles. The summed E-state index contributed by atoms with van der Waals surface area (Å²) in [6.45, 7) is 4.16. The maximum atomic E-state index is 12.8. The Morgan fingerprint density at radius 2 is 2.00 bits per heavy atom. The SMILES string of the molecule is CC(C)c1ncc(NCc2ccc(F)cc2)c(C(=O)O)n1. The van der Waals surface area contributed by atoms with Crippen LogP contribution in [0.1, 0.15) is 41.6 Å². The van der Waals surface area contributed by atoms with Gasteiger partial charge in [-0.05, 0) is 17.7 Å². The predicted octanol–water partition coefficient (Wildman–Crippen LogP) is 3.05. The largest absolute Gasteiger partial charge is 0.476 e. The minimum absolute atomic E-state index is 0.0502.